The lowest BCUT2D eigenvalue weighted by molar-refractivity contribution is -0.136. The molecular formula is C17H25O2S. The van der Waals surface area contributed by atoms with Crippen LogP contribution < -0.4 is 0 Å². The average molecular weight is 293 g/mol. The normalized spacial score (nSPS) is 10.9. The van der Waals surface area contributed by atoms with Gasteiger partial charge in [-0.1, -0.05) is 50.1 Å². The number of thioether (sulfide) groups is 1. The van der Waals surface area contributed by atoms with Gasteiger partial charge in [-0.3, -0.25) is 4.79 Å². The second-order valence-electron chi connectivity index (χ2n) is 4.93. The predicted molar refractivity (Wildman–Crippen MR) is 86.9 cm³/mol. The molecule has 1 aromatic carbocycles. The highest BCUT2D eigenvalue weighted by atomic mass is 32.2. The zero-order valence-electron chi connectivity index (χ0n) is 12.3. The summed E-state index contributed by atoms with van der Waals surface area (Å²) in [5.41, 5.74) is 1.42. The molecule has 0 amide bonds. The van der Waals surface area contributed by atoms with Crippen LogP contribution in [-0.2, 0) is 11.2 Å². The van der Waals surface area contributed by atoms with Gasteiger partial charge < -0.3 is 5.11 Å². The van der Waals surface area contributed by atoms with Gasteiger partial charge in [0.05, 0.1) is 6.42 Å². The van der Waals surface area contributed by atoms with E-state index in [-0.39, 0.29) is 6.42 Å². The van der Waals surface area contributed by atoms with Crippen LogP contribution in [0.2, 0.25) is 0 Å². The number of rotatable bonds is 11. The van der Waals surface area contributed by atoms with Crippen molar-refractivity contribution in [3.8, 4) is 0 Å². The number of aryl methyl sites for hydroxylation is 1. The summed E-state index contributed by atoms with van der Waals surface area (Å²) in [5, 5.41) is 10.1. The summed E-state index contributed by atoms with van der Waals surface area (Å²) in [7, 11) is 0. The van der Waals surface area contributed by atoms with Gasteiger partial charge in [0.2, 0.25) is 0 Å². The summed E-state index contributed by atoms with van der Waals surface area (Å²) < 4.78 is 0. The first-order chi connectivity index (χ1) is 9.72. The van der Waals surface area contributed by atoms with Crippen LogP contribution in [0.4, 0.5) is 0 Å². The van der Waals surface area contributed by atoms with Crippen molar-refractivity contribution in [2.75, 3.05) is 5.75 Å². The number of hydrogen-bond acceptors (Lipinski definition) is 2. The van der Waals surface area contributed by atoms with Crippen molar-refractivity contribution >= 4 is 17.7 Å². The van der Waals surface area contributed by atoms with Crippen LogP contribution in [-0.4, -0.2) is 16.8 Å². The van der Waals surface area contributed by atoms with E-state index < -0.39 is 5.97 Å². The number of benzene rings is 1. The Hall–Kier alpha value is -0.960. The van der Waals surface area contributed by atoms with Gasteiger partial charge in [0, 0.05) is 11.0 Å². The highest BCUT2D eigenvalue weighted by Crippen LogP contribution is 2.29. The lowest BCUT2D eigenvalue weighted by Gasteiger charge is -2.12. The van der Waals surface area contributed by atoms with Gasteiger partial charge in [0.1, 0.15) is 0 Å². The molecule has 1 radical (unpaired) electrons. The SMILES string of the molecule is CC[C](CCCCCc1ccccc1)SCCC(=O)O. The molecule has 2 nitrogen and oxygen atoms in total. The molecule has 1 N–H and O–H groups in total. The van der Waals surface area contributed by atoms with Crippen LogP contribution in [0, 0.1) is 5.25 Å². The first-order valence-electron chi connectivity index (χ1n) is 7.45. The lowest BCUT2D eigenvalue weighted by Crippen LogP contribution is -1.99. The molecular weight excluding hydrogens is 268 g/mol. The first kappa shape index (κ1) is 17.1. The van der Waals surface area contributed by atoms with Crippen molar-refractivity contribution in [1.82, 2.24) is 0 Å². The molecule has 0 heterocycles. The van der Waals surface area contributed by atoms with Crippen molar-refractivity contribution in [2.24, 2.45) is 0 Å². The summed E-state index contributed by atoms with van der Waals surface area (Å²) in [4.78, 5) is 10.5. The Morgan fingerprint density at radius 3 is 2.50 bits per heavy atom. The van der Waals surface area contributed by atoms with E-state index in [9.17, 15) is 4.79 Å². The molecule has 0 fully saturated rings. The first-order valence-corrected chi connectivity index (χ1v) is 8.44. The highest BCUT2D eigenvalue weighted by Gasteiger charge is 2.08. The molecule has 20 heavy (non-hydrogen) atoms. The summed E-state index contributed by atoms with van der Waals surface area (Å²) in [6.45, 7) is 2.16. The smallest absolute Gasteiger partial charge is 0.304 e. The van der Waals surface area contributed by atoms with Crippen molar-refractivity contribution in [3.63, 3.8) is 0 Å². The van der Waals surface area contributed by atoms with E-state index in [0.29, 0.717) is 5.75 Å². The maximum Gasteiger partial charge on any atom is 0.304 e. The molecule has 0 saturated carbocycles. The van der Waals surface area contributed by atoms with E-state index in [1.807, 2.05) is 0 Å². The van der Waals surface area contributed by atoms with Gasteiger partial charge in [-0.2, -0.15) is 11.8 Å². The van der Waals surface area contributed by atoms with Crippen LogP contribution in [0.25, 0.3) is 0 Å². The predicted octanol–water partition coefficient (Wildman–Crippen LogP) is 4.94. The maximum absolute atomic E-state index is 10.5. The second kappa shape index (κ2) is 10.8. The van der Waals surface area contributed by atoms with Gasteiger partial charge in [-0.15, -0.1) is 0 Å². The lowest BCUT2D eigenvalue weighted by atomic mass is 10.1. The molecule has 0 unspecified atom stereocenters. The Kier molecular flexibility index (Phi) is 9.22. The fraction of sp³-hybridized carbons (Fsp3) is 0.529. The molecule has 111 valence electrons. The van der Waals surface area contributed by atoms with Crippen LogP contribution >= 0.6 is 11.8 Å². The molecule has 0 spiro atoms. The molecule has 0 bridgehead atoms. The third-order valence-corrected chi connectivity index (χ3v) is 4.59. The van der Waals surface area contributed by atoms with Crippen LogP contribution in [0.15, 0.2) is 30.3 Å². The Morgan fingerprint density at radius 2 is 1.85 bits per heavy atom. The van der Waals surface area contributed by atoms with Gasteiger partial charge in [-0.05, 0) is 31.2 Å². The fourth-order valence-corrected chi connectivity index (χ4v) is 3.16. The molecule has 1 rings (SSSR count). The molecule has 0 saturated heterocycles. The molecule has 0 aromatic heterocycles. The van der Waals surface area contributed by atoms with Crippen molar-refractivity contribution in [2.45, 2.75) is 51.9 Å². The number of carboxylic acid groups (broad SMARTS) is 1. The van der Waals surface area contributed by atoms with Crippen LogP contribution in [0.1, 0.15) is 51.0 Å². The van der Waals surface area contributed by atoms with Crippen LogP contribution in [0.5, 0.6) is 0 Å². The van der Waals surface area contributed by atoms with Crippen LogP contribution in [0.3, 0.4) is 0 Å². The third-order valence-electron chi connectivity index (χ3n) is 3.28. The molecule has 1 aromatic rings. The van der Waals surface area contributed by atoms with E-state index in [0.717, 1.165) is 19.3 Å². The molecule has 0 aliphatic carbocycles. The van der Waals surface area contributed by atoms with E-state index >= 15 is 0 Å². The van der Waals surface area contributed by atoms with Gasteiger partial charge >= 0.3 is 5.97 Å². The molecule has 0 atom stereocenters. The topological polar surface area (TPSA) is 37.3 Å². The maximum atomic E-state index is 10.5. The minimum atomic E-state index is -0.698. The number of carboxylic acids is 1. The Labute approximate surface area is 127 Å². The van der Waals surface area contributed by atoms with Gasteiger partial charge in [0.25, 0.3) is 0 Å². The number of aliphatic carboxylic acids is 1. The average Bonchev–Trinajstić information content (AvgIpc) is 2.46. The van der Waals surface area contributed by atoms with E-state index in [1.165, 1.54) is 30.1 Å². The van der Waals surface area contributed by atoms with Crippen molar-refractivity contribution in [1.29, 1.82) is 0 Å². The molecule has 3 heteroatoms. The fourth-order valence-electron chi connectivity index (χ4n) is 2.11. The van der Waals surface area contributed by atoms with E-state index in [4.69, 9.17) is 5.11 Å². The minimum Gasteiger partial charge on any atom is -0.481 e. The van der Waals surface area contributed by atoms with Crippen molar-refractivity contribution < 1.29 is 9.90 Å². The Morgan fingerprint density at radius 1 is 1.10 bits per heavy atom. The molecule has 0 aliphatic rings. The quantitative estimate of drug-likeness (QED) is 0.587. The summed E-state index contributed by atoms with van der Waals surface area (Å²) in [5.74, 6) is 0.0125. The number of unbranched alkanes of at least 4 members (excludes halogenated alkanes) is 2. The number of hydrogen-bond donors (Lipinski definition) is 1. The summed E-state index contributed by atoms with van der Waals surface area (Å²) >= 11 is 1.74. The van der Waals surface area contributed by atoms with E-state index in [1.54, 1.807) is 11.8 Å². The zero-order valence-corrected chi connectivity index (χ0v) is 13.1. The Bertz CT molecular complexity index is 365. The number of carbonyl (C=O) groups is 1. The van der Waals surface area contributed by atoms with E-state index in [2.05, 4.69) is 37.3 Å². The van der Waals surface area contributed by atoms with Gasteiger partial charge in [0.15, 0.2) is 0 Å². The summed E-state index contributed by atoms with van der Waals surface area (Å²) in [6.07, 6.45) is 7.32. The van der Waals surface area contributed by atoms with Crippen molar-refractivity contribution in [3.05, 3.63) is 41.1 Å². The Balaban J connectivity index is 2.05. The highest BCUT2D eigenvalue weighted by molar-refractivity contribution is 8.02. The zero-order chi connectivity index (χ0) is 14.6. The monoisotopic (exact) mass is 293 g/mol. The second-order valence-corrected chi connectivity index (χ2v) is 6.20. The summed E-state index contributed by atoms with van der Waals surface area (Å²) in [6, 6.07) is 10.6. The third kappa shape index (κ3) is 8.26. The molecule has 0 aliphatic heterocycles. The van der Waals surface area contributed by atoms with Gasteiger partial charge in [-0.25, -0.2) is 0 Å². The minimum absolute atomic E-state index is 0.266. The standard InChI is InChI=1S/C17H25O2S/c1-2-16(20-14-13-17(18)19)12-8-4-7-11-15-9-5-3-6-10-15/h3,5-6,9-10H,2,4,7-8,11-14H2,1H3,(H,18,19). The largest absolute Gasteiger partial charge is 0.481 e.